The fourth-order valence-electron chi connectivity index (χ4n) is 3.20. The Morgan fingerprint density at radius 1 is 1.17 bits per heavy atom. The van der Waals surface area contributed by atoms with Crippen molar-refractivity contribution in [3.8, 4) is 11.3 Å². The standard InChI is InChI=1S/C18H22ClN3O/c1-12(22-10-4-3-5-11-22)14-6-8-15(9-7-14)17-16(19)18(23)21-13(2)20-17/h6-9,12H,3-5,10-11H2,1-2H3,(H,20,21,23)/t12-/m0/s1. The molecule has 2 aromatic rings. The first kappa shape index (κ1) is 16.2. The number of hydrogen-bond acceptors (Lipinski definition) is 3. The number of nitrogens with zero attached hydrogens (tertiary/aromatic N) is 2. The number of likely N-dealkylation sites (tertiary alicyclic amines) is 1. The Hall–Kier alpha value is -1.65. The van der Waals surface area contributed by atoms with Crippen LogP contribution >= 0.6 is 11.6 Å². The Morgan fingerprint density at radius 2 is 1.83 bits per heavy atom. The number of H-pyrrole nitrogens is 1. The van der Waals surface area contributed by atoms with Crippen LogP contribution in [-0.4, -0.2) is 28.0 Å². The molecule has 1 aliphatic heterocycles. The minimum Gasteiger partial charge on any atom is -0.309 e. The smallest absolute Gasteiger partial charge is 0.270 e. The molecule has 3 rings (SSSR count). The van der Waals surface area contributed by atoms with Crippen molar-refractivity contribution in [2.45, 2.75) is 39.2 Å². The largest absolute Gasteiger partial charge is 0.309 e. The topological polar surface area (TPSA) is 49.0 Å². The summed E-state index contributed by atoms with van der Waals surface area (Å²) in [4.78, 5) is 21.3. The maximum Gasteiger partial charge on any atom is 0.270 e. The van der Waals surface area contributed by atoms with Gasteiger partial charge >= 0.3 is 0 Å². The number of piperidine rings is 1. The molecule has 1 aromatic heterocycles. The van der Waals surface area contributed by atoms with Crippen molar-refractivity contribution in [1.82, 2.24) is 14.9 Å². The summed E-state index contributed by atoms with van der Waals surface area (Å²) in [6.07, 6.45) is 3.91. The van der Waals surface area contributed by atoms with Crippen molar-refractivity contribution in [2.24, 2.45) is 0 Å². The zero-order chi connectivity index (χ0) is 16.4. The third-order valence-electron chi connectivity index (χ3n) is 4.59. The fourth-order valence-corrected chi connectivity index (χ4v) is 3.40. The van der Waals surface area contributed by atoms with Gasteiger partial charge in [-0.2, -0.15) is 0 Å². The Labute approximate surface area is 141 Å². The summed E-state index contributed by atoms with van der Waals surface area (Å²) in [5.41, 5.74) is 2.41. The lowest BCUT2D eigenvalue weighted by molar-refractivity contribution is 0.175. The van der Waals surface area contributed by atoms with Crippen molar-refractivity contribution >= 4 is 11.6 Å². The van der Waals surface area contributed by atoms with E-state index in [1.54, 1.807) is 6.92 Å². The van der Waals surface area contributed by atoms with Gasteiger partial charge in [-0.3, -0.25) is 9.69 Å². The first-order chi connectivity index (χ1) is 11.1. The maximum absolute atomic E-state index is 11.8. The normalized spacial score (nSPS) is 17.2. The third kappa shape index (κ3) is 3.48. The fraction of sp³-hybridized carbons (Fsp3) is 0.444. The van der Waals surface area contributed by atoms with Crippen LogP contribution in [0, 0.1) is 6.92 Å². The number of halogens is 1. The lowest BCUT2D eigenvalue weighted by Gasteiger charge is -2.32. The van der Waals surface area contributed by atoms with Crippen LogP contribution in [0.25, 0.3) is 11.3 Å². The molecule has 23 heavy (non-hydrogen) atoms. The molecular formula is C18H22ClN3O. The van der Waals surface area contributed by atoms with Crippen molar-refractivity contribution < 1.29 is 0 Å². The van der Waals surface area contributed by atoms with E-state index in [9.17, 15) is 4.79 Å². The van der Waals surface area contributed by atoms with E-state index >= 15 is 0 Å². The second-order valence-electron chi connectivity index (χ2n) is 6.21. The first-order valence-electron chi connectivity index (χ1n) is 8.17. The summed E-state index contributed by atoms with van der Waals surface area (Å²) >= 11 is 6.11. The van der Waals surface area contributed by atoms with Crippen LogP contribution < -0.4 is 5.56 Å². The molecule has 0 amide bonds. The molecule has 0 aliphatic carbocycles. The number of rotatable bonds is 3. The van der Waals surface area contributed by atoms with E-state index in [2.05, 4.69) is 33.9 Å². The van der Waals surface area contributed by atoms with Gasteiger partial charge < -0.3 is 4.98 Å². The molecule has 4 nitrogen and oxygen atoms in total. The van der Waals surface area contributed by atoms with Crippen LogP contribution in [0.15, 0.2) is 29.1 Å². The quantitative estimate of drug-likeness (QED) is 0.926. The molecular weight excluding hydrogens is 310 g/mol. The van der Waals surface area contributed by atoms with Crippen molar-refractivity contribution in [2.75, 3.05) is 13.1 Å². The minimum atomic E-state index is -0.292. The molecule has 2 heterocycles. The molecule has 1 aromatic carbocycles. The number of nitrogens with one attached hydrogen (secondary N) is 1. The number of benzene rings is 1. The SMILES string of the molecule is Cc1nc(-c2ccc([C@H](C)N3CCCCC3)cc2)c(Cl)c(=O)[nH]1. The van der Waals surface area contributed by atoms with Gasteiger partial charge in [0.1, 0.15) is 10.8 Å². The van der Waals surface area contributed by atoms with Crippen molar-refractivity contribution in [1.29, 1.82) is 0 Å². The van der Waals surface area contributed by atoms with E-state index in [1.165, 1.54) is 37.9 Å². The highest BCUT2D eigenvalue weighted by atomic mass is 35.5. The summed E-state index contributed by atoms with van der Waals surface area (Å²) in [6.45, 7) is 6.35. The van der Waals surface area contributed by atoms with Crippen molar-refractivity contribution in [3.05, 3.63) is 51.0 Å². The van der Waals surface area contributed by atoms with E-state index in [0.29, 0.717) is 17.6 Å². The van der Waals surface area contributed by atoms with Gasteiger partial charge in [0.15, 0.2) is 0 Å². The Balaban J connectivity index is 1.86. The second kappa shape index (κ2) is 6.85. The Morgan fingerprint density at radius 3 is 2.48 bits per heavy atom. The zero-order valence-electron chi connectivity index (χ0n) is 13.6. The molecule has 0 saturated carbocycles. The molecule has 1 N–H and O–H groups in total. The molecule has 5 heteroatoms. The summed E-state index contributed by atoms with van der Waals surface area (Å²) in [6, 6.07) is 8.64. The molecule has 0 unspecified atom stereocenters. The minimum absolute atomic E-state index is 0.146. The van der Waals surface area contributed by atoms with E-state index in [4.69, 9.17) is 11.6 Å². The van der Waals surface area contributed by atoms with Gasteiger partial charge in [-0.05, 0) is 45.3 Å². The van der Waals surface area contributed by atoms with Crippen LogP contribution in [-0.2, 0) is 0 Å². The third-order valence-corrected chi connectivity index (χ3v) is 4.94. The highest BCUT2D eigenvalue weighted by Crippen LogP contribution is 2.28. The monoisotopic (exact) mass is 331 g/mol. The van der Waals surface area contributed by atoms with E-state index in [1.807, 2.05) is 12.1 Å². The molecule has 0 spiro atoms. The number of aryl methyl sites for hydroxylation is 1. The van der Waals surface area contributed by atoms with Gasteiger partial charge in [-0.25, -0.2) is 4.98 Å². The summed E-state index contributed by atoms with van der Waals surface area (Å²) in [5.74, 6) is 0.570. The summed E-state index contributed by atoms with van der Waals surface area (Å²) in [7, 11) is 0. The molecule has 0 bridgehead atoms. The lowest BCUT2D eigenvalue weighted by Crippen LogP contribution is -2.32. The van der Waals surface area contributed by atoms with E-state index in [-0.39, 0.29) is 10.6 Å². The van der Waals surface area contributed by atoms with Crippen molar-refractivity contribution in [3.63, 3.8) is 0 Å². The van der Waals surface area contributed by atoms with Gasteiger partial charge in [0.2, 0.25) is 0 Å². The Bertz CT molecular complexity index is 733. The lowest BCUT2D eigenvalue weighted by atomic mass is 10.0. The second-order valence-corrected chi connectivity index (χ2v) is 6.59. The molecule has 122 valence electrons. The highest BCUT2D eigenvalue weighted by molar-refractivity contribution is 6.32. The van der Waals surface area contributed by atoms with Crippen LogP contribution in [0.2, 0.25) is 5.02 Å². The van der Waals surface area contributed by atoms with Gasteiger partial charge in [-0.15, -0.1) is 0 Å². The van der Waals surface area contributed by atoms with E-state index < -0.39 is 0 Å². The van der Waals surface area contributed by atoms with E-state index in [0.717, 1.165) is 5.56 Å². The van der Waals surface area contributed by atoms with Crippen LogP contribution in [0.4, 0.5) is 0 Å². The predicted molar refractivity (Wildman–Crippen MR) is 93.9 cm³/mol. The average Bonchev–Trinajstić information content (AvgIpc) is 2.58. The number of hydrogen-bond donors (Lipinski definition) is 1. The van der Waals surface area contributed by atoms with Crippen LogP contribution in [0.1, 0.15) is 43.6 Å². The molecule has 1 aliphatic rings. The van der Waals surface area contributed by atoms with Gasteiger partial charge in [0, 0.05) is 11.6 Å². The molecule has 1 saturated heterocycles. The van der Waals surface area contributed by atoms with Crippen LogP contribution in [0.3, 0.4) is 0 Å². The average molecular weight is 332 g/mol. The maximum atomic E-state index is 11.8. The van der Waals surface area contributed by atoms with Crippen LogP contribution in [0.5, 0.6) is 0 Å². The van der Waals surface area contributed by atoms with Gasteiger partial charge in [0.05, 0.1) is 5.69 Å². The summed E-state index contributed by atoms with van der Waals surface area (Å²) in [5, 5.41) is 0.146. The zero-order valence-corrected chi connectivity index (χ0v) is 14.4. The first-order valence-corrected chi connectivity index (χ1v) is 8.55. The molecule has 1 fully saturated rings. The summed E-state index contributed by atoms with van der Waals surface area (Å²) < 4.78 is 0. The predicted octanol–water partition coefficient (Wildman–Crippen LogP) is 3.95. The highest BCUT2D eigenvalue weighted by Gasteiger charge is 2.18. The van der Waals surface area contributed by atoms with Gasteiger partial charge in [0.25, 0.3) is 5.56 Å². The molecule has 1 atom stereocenters. The molecule has 0 radical (unpaired) electrons. The Kier molecular flexibility index (Phi) is 4.83. The number of aromatic amines is 1. The number of aromatic nitrogens is 2. The van der Waals surface area contributed by atoms with Gasteiger partial charge in [-0.1, -0.05) is 42.3 Å².